The van der Waals surface area contributed by atoms with Crippen LogP contribution in [0.3, 0.4) is 0 Å². The van der Waals surface area contributed by atoms with E-state index in [1.807, 2.05) is 63.8 Å². The lowest BCUT2D eigenvalue weighted by molar-refractivity contribution is -0.148. The van der Waals surface area contributed by atoms with Crippen LogP contribution in [0, 0.1) is 0 Å². The molecule has 1 aromatic rings. The van der Waals surface area contributed by atoms with Crippen molar-refractivity contribution in [2.24, 2.45) is 0 Å². The second kappa shape index (κ2) is 4.09. The van der Waals surface area contributed by atoms with Crippen molar-refractivity contribution < 1.29 is 9.53 Å². The van der Waals surface area contributed by atoms with Crippen LogP contribution in [0.2, 0.25) is 0 Å². The number of fused-ring (bicyclic) bond motifs is 1. The Balaban J connectivity index is 2.61. The second-order valence-electron chi connectivity index (χ2n) is 5.77. The Morgan fingerprint density at radius 3 is 2.44 bits per heavy atom. The molecule has 0 fully saturated rings. The number of carbonyl (C=O) groups excluding carboxylic acids is 1. The average molecular weight is 247 g/mol. The van der Waals surface area contributed by atoms with E-state index >= 15 is 0 Å². The van der Waals surface area contributed by atoms with Crippen LogP contribution in [0.5, 0.6) is 0 Å². The number of rotatable bonds is 2. The molecule has 1 aromatic carbocycles. The highest BCUT2D eigenvalue weighted by molar-refractivity contribution is 6.00. The van der Waals surface area contributed by atoms with E-state index in [-0.39, 0.29) is 11.4 Å². The number of hydrogen-bond acceptors (Lipinski definition) is 2. The SMILES string of the molecule is CCOC1(C)c2ccccc2C(=O)N1C(C)(C)C. The maximum absolute atomic E-state index is 12.6. The Labute approximate surface area is 109 Å². The Morgan fingerprint density at radius 1 is 1.28 bits per heavy atom. The summed E-state index contributed by atoms with van der Waals surface area (Å²) >= 11 is 0. The lowest BCUT2D eigenvalue weighted by Gasteiger charge is -2.44. The largest absolute Gasteiger partial charge is 0.352 e. The number of amides is 1. The minimum atomic E-state index is -0.666. The van der Waals surface area contributed by atoms with Crippen LogP contribution >= 0.6 is 0 Å². The van der Waals surface area contributed by atoms with Gasteiger partial charge < -0.3 is 9.64 Å². The fraction of sp³-hybridized carbons (Fsp3) is 0.533. The molecule has 0 spiro atoms. The van der Waals surface area contributed by atoms with Gasteiger partial charge in [0.1, 0.15) is 0 Å². The van der Waals surface area contributed by atoms with Crippen LogP contribution < -0.4 is 0 Å². The van der Waals surface area contributed by atoms with Crippen LogP contribution in [0.1, 0.15) is 50.5 Å². The average Bonchev–Trinajstić information content (AvgIpc) is 2.49. The first kappa shape index (κ1) is 13.1. The Hall–Kier alpha value is -1.35. The van der Waals surface area contributed by atoms with Crippen LogP contribution in [0.25, 0.3) is 0 Å². The van der Waals surface area contributed by atoms with Crippen LogP contribution in [0.4, 0.5) is 0 Å². The smallest absolute Gasteiger partial charge is 0.257 e. The summed E-state index contributed by atoms with van der Waals surface area (Å²) in [5, 5.41) is 0. The van der Waals surface area contributed by atoms with Gasteiger partial charge in [0.2, 0.25) is 0 Å². The van der Waals surface area contributed by atoms with Gasteiger partial charge in [-0.25, -0.2) is 0 Å². The zero-order chi connectivity index (χ0) is 13.6. The predicted molar refractivity (Wildman–Crippen MR) is 71.3 cm³/mol. The zero-order valence-corrected chi connectivity index (χ0v) is 11.8. The molecule has 1 amide bonds. The van der Waals surface area contributed by atoms with Gasteiger partial charge in [-0.15, -0.1) is 0 Å². The fourth-order valence-corrected chi connectivity index (χ4v) is 2.88. The molecule has 1 atom stereocenters. The summed E-state index contributed by atoms with van der Waals surface area (Å²) in [6, 6.07) is 7.71. The maximum atomic E-state index is 12.6. The minimum absolute atomic E-state index is 0.0500. The topological polar surface area (TPSA) is 29.5 Å². The molecule has 1 heterocycles. The molecule has 0 bridgehead atoms. The molecular weight excluding hydrogens is 226 g/mol. The van der Waals surface area contributed by atoms with Crippen LogP contribution in [0.15, 0.2) is 24.3 Å². The Morgan fingerprint density at radius 2 is 1.89 bits per heavy atom. The number of hydrogen-bond donors (Lipinski definition) is 0. The van der Waals surface area contributed by atoms with Gasteiger partial charge in [0.05, 0.1) is 0 Å². The van der Waals surface area contributed by atoms with E-state index in [0.29, 0.717) is 6.61 Å². The first-order valence-electron chi connectivity index (χ1n) is 6.40. The van der Waals surface area contributed by atoms with Crippen LogP contribution in [-0.4, -0.2) is 23.0 Å². The van der Waals surface area contributed by atoms with E-state index in [4.69, 9.17) is 4.74 Å². The third-order valence-corrected chi connectivity index (χ3v) is 3.38. The van der Waals surface area contributed by atoms with Gasteiger partial charge in [0, 0.05) is 23.3 Å². The third-order valence-electron chi connectivity index (χ3n) is 3.38. The van der Waals surface area contributed by atoms with E-state index in [1.165, 1.54) is 0 Å². The molecule has 2 rings (SSSR count). The van der Waals surface area contributed by atoms with Gasteiger partial charge in [0.25, 0.3) is 5.91 Å². The molecule has 0 aromatic heterocycles. The molecule has 0 aliphatic carbocycles. The predicted octanol–water partition coefficient (Wildman–Crippen LogP) is 3.15. The van der Waals surface area contributed by atoms with Crippen molar-refractivity contribution in [2.45, 2.75) is 45.9 Å². The van der Waals surface area contributed by atoms with Gasteiger partial charge in [-0.3, -0.25) is 4.79 Å². The van der Waals surface area contributed by atoms with Gasteiger partial charge in [-0.05, 0) is 40.7 Å². The van der Waals surface area contributed by atoms with Crippen molar-refractivity contribution in [3.63, 3.8) is 0 Å². The normalized spacial score (nSPS) is 23.4. The number of carbonyl (C=O) groups is 1. The summed E-state index contributed by atoms with van der Waals surface area (Å²) in [6.45, 7) is 10.6. The standard InChI is InChI=1S/C15H21NO2/c1-6-18-15(5)12-10-8-7-9-11(12)13(17)16(15)14(2,3)4/h7-10H,6H2,1-5H3. The van der Waals surface area contributed by atoms with Crippen molar-refractivity contribution in [1.29, 1.82) is 0 Å². The Kier molecular flexibility index (Phi) is 2.98. The molecule has 1 unspecified atom stereocenters. The van der Waals surface area contributed by atoms with E-state index < -0.39 is 5.72 Å². The molecule has 0 saturated heterocycles. The Bertz CT molecular complexity index is 476. The summed E-state index contributed by atoms with van der Waals surface area (Å²) < 4.78 is 5.93. The first-order valence-corrected chi connectivity index (χ1v) is 6.40. The first-order chi connectivity index (χ1) is 8.32. The summed E-state index contributed by atoms with van der Waals surface area (Å²) in [6.07, 6.45) is 0. The second-order valence-corrected chi connectivity index (χ2v) is 5.77. The minimum Gasteiger partial charge on any atom is -0.352 e. The lowest BCUT2D eigenvalue weighted by Crippen LogP contribution is -2.53. The fourth-order valence-electron chi connectivity index (χ4n) is 2.88. The van der Waals surface area contributed by atoms with E-state index in [1.54, 1.807) is 0 Å². The highest BCUT2D eigenvalue weighted by atomic mass is 16.5. The molecule has 0 N–H and O–H groups in total. The molecule has 3 heteroatoms. The molecule has 3 nitrogen and oxygen atoms in total. The summed E-state index contributed by atoms with van der Waals surface area (Å²) in [7, 11) is 0. The summed E-state index contributed by atoms with van der Waals surface area (Å²) in [4.78, 5) is 14.4. The van der Waals surface area contributed by atoms with Gasteiger partial charge in [-0.2, -0.15) is 0 Å². The highest BCUT2D eigenvalue weighted by Gasteiger charge is 2.51. The van der Waals surface area contributed by atoms with Crippen molar-refractivity contribution in [2.75, 3.05) is 6.61 Å². The molecule has 0 saturated carbocycles. The number of benzene rings is 1. The maximum Gasteiger partial charge on any atom is 0.257 e. The molecule has 18 heavy (non-hydrogen) atoms. The monoisotopic (exact) mass is 247 g/mol. The van der Waals surface area contributed by atoms with Crippen molar-refractivity contribution >= 4 is 5.91 Å². The van der Waals surface area contributed by atoms with Crippen molar-refractivity contribution in [1.82, 2.24) is 4.90 Å². The van der Waals surface area contributed by atoms with Gasteiger partial charge in [0.15, 0.2) is 5.72 Å². The van der Waals surface area contributed by atoms with E-state index in [0.717, 1.165) is 11.1 Å². The molecule has 1 aliphatic heterocycles. The van der Waals surface area contributed by atoms with Crippen molar-refractivity contribution in [3.05, 3.63) is 35.4 Å². The lowest BCUT2D eigenvalue weighted by atomic mass is 9.99. The highest BCUT2D eigenvalue weighted by Crippen LogP contribution is 2.43. The van der Waals surface area contributed by atoms with Gasteiger partial charge >= 0.3 is 0 Å². The molecular formula is C15H21NO2. The van der Waals surface area contributed by atoms with E-state index in [2.05, 4.69) is 0 Å². The quantitative estimate of drug-likeness (QED) is 0.803. The molecule has 0 radical (unpaired) electrons. The number of ether oxygens (including phenoxy) is 1. The summed E-state index contributed by atoms with van der Waals surface area (Å²) in [5.74, 6) is 0.0500. The van der Waals surface area contributed by atoms with Crippen LogP contribution in [-0.2, 0) is 10.5 Å². The van der Waals surface area contributed by atoms with E-state index in [9.17, 15) is 4.79 Å². The van der Waals surface area contributed by atoms with Crippen molar-refractivity contribution in [3.8, 4) is 0 Å². The zero-order valence-electron chi connectivity index (χ0n) is 11.8. The molecule has 98 valence electrons. The molecule has 1 aliphatic rings. The summed E-state index contributed by atoms with van der Waals surface area (Å²) in [5.41, 5.74) is 0.774. The van der Waals surface area contributed by atoms with Gasteiger partial charge in [-0.1, -0.05) is 18.2 Å². The third kappa shape index (κ3) is 1.74. The number of nitrogens with zero attached hydrogens (tertiary/aromatic N) is 1.